The Kier molecular flexibility index (Phi) is 4.87. The van der Waals surface area contributed by atoms with Crippen LogP contribution in [0.4, 0.5) is 0 Å². The molecule has 0 atom stereocenters. The van der Waals surface area contributed by atoms with Crippen LogP contribution in [-0.2, 0) is 17.6 Å². The smallest absolute Gasteiger partial charge is 0.224 e. The maximum Gasteiger partial charge on any atom is 0.224 e. The highest BCUT2D eigenvalue weighted by atomic mass is 32.1. The third-order valence-electron chi connectivity index (χ3n) is 2.65. The molecule has 2 aromatic heterocycles. The van der Waals surface area contributed by atoms with Crippen LogP contribution in [0.25, 0.3) is 0 Å². The molecule has 2 heterocycles. The number of carbonyl (C=O) groups excluding carboxylic acids is 2. The van der Waals surface area contributed by atoms with Crippen LogP contribution in [0, 0.1) is 0 Å². The predicted octanol–water partition coefficient (Wildman–Crippen LogP) is 2.91. The number of hydrogen-bond acceptors (Lipinski definition) is 4. The average Bonchev–Trinajstić information content (AvgIpc) is 3.00. The normalized spacial score (nSPS) is 10.4. The maximum absolute atomic E-state index is 11.7. The lowest BCUT2D eigenvalue weighted by molar-refractivity contribution is -0.120. The summed E-state index contributed by atoms with van der Waals surface area (Å²) in [5.74, 6) is 0.138. The fourth-order valence-electron chi connectivity index (χ4n) is 1.67. The fraction of sp³-hybridized carbons (Fsp3) is 0.286. The molecule has 0 fully saturated rings. The molecule has 2 aromatic rings. The van der Waals surface area contributed by atoms with Gasteiger partial charge in [-0.1, -0.05) is 0 Å². The number of hydrogen-bond donors (Lipinski definition) is 1. The molecule has 3 nitrogen and oxygen atoms in total. The van der Waals surface area contributed by atoms with Crippen molar-refractivity contribution in [2.75, 3.05) is 6.54 Å². The Morgan fingerprint density at radius 1 is 1.26 bits per heavy atom. The topological polar surface area (TPSA) is 46.2 Å². The van der Waals surface area contributed by atoms with E-state index < -0.39 is 0 Å². The van der Waals surface area contributed by atoms with Gasteiger partial charge in [0.15, 0.2) is 5.78 Å². The Morgan fingerprint density at radius 2 is 2.11 bits per heavy atom. The van der Waals surface area contributed by atoms with E-state index in [-0.39, 0.29) is 11.7 Å². The summed E-state index contributed by atoms with van der Waals surface area (Å²) in [6, 6.07) is 5.75. The van der Waals surface area contributed by atoms with Gasteiger partial charge in [-0.25, -0.2) is 0 Å². The Morgan fingerprint density at radius 3 is 2.74 bits per heavy atom. The number of ketones is 1. The van der Waals surface area contributed by atoms with Gasteiger partial charge in [-0.15, -0.1) is 11.3 Å². The first kappa shape index (κ1) is 14.0. The number of carbonyl (C=O) groups is 2. The van der Waals surface area contributed by atoms with Crippen molar-refractivity contribution in [1.82, 2.24) is 5.32 Å². The molecule has 0 aliphatic rings. The molecule has 19 heavy (non-hydrogen) atoms. The second-order valence-electron chi connectivity index (χ2n) is 4.23. The van der Waals surface area contributed by atoms with Crippen LogP contribution in [0.3, 0.4) is 0 Å². The minimum atomic E-state index is 0.0433. The van der Waals surface area contributed by atoms with Crippen molar-refractivity contribution in [3.05, 3.63) is 44.3 Å². The van der Waals surface area contributed by atoms with E-state index in [2.05, 4.69) is 5.32 Å². The third kappa shape index (κ3) is 4.29. The van der Waals surface area contributed by atoms with Gasteiger partial charge < -0.3 is 5.32 Å². The van der Waals surface area contributed by atoms with Crippen molar-refractivity contribution in [2.45, 2.75) is 19.8 Å². The van der Waals surface area contributed by atoms with Gasteiger partial charge in [0.2, 0.25) is 5.91 Å². The molecular weight excluding hydrogens is 278 g/mol. The zero-order chi connectivity index (χ0) is 13.7. The highest BCUT2D eigenvalue weighted by Gasteiger charge is 2.06. The highest BCUT2D eigenvalue weighted by Crippen LogP contribution is 2.17. The minimum Gasteiger partial charge on any atom is -0.355 e. The van der Waals surface area contributed by atoms with Crippen molar-refractivity contribution < 1.29 is 9.59 Å². The van der Waals surface area contributed by atoms with Gasteiger partial charge in [-0.3, -0.25) is 9.59 Å². The van der Waals surface area contributed by atoms with Crippen molar-refractivity contribution >= 4 is 34.4 Å². The van der Waals surface area contributed by atoms with Crippen LogP contribution in [-0.4, -0.2) is 18.2 Å². The van der Waals surface area contributed by atoms with E-state index in [1.54, 1.807) is 18.3 Å². The van der Waals surface area contributed by atoms with Crippen LogP contribution < -0.4 is 5.32 Å². The Bertz CT molecular complexity index is 558. The van der Waals surface area contributed by atoms with Gasteiger partial charge >= 0.3 is 0 Å². The van der Waals surface area contributed by atoms with Crippen molar-refractivity contribution in [3.63, 3.8) is 0 Å². The summed E-state index contributed by atoms with van der Waals surface area (Å²) in [7, 11) is 0. The molecule has 0 unspecified atom stereocenters. The first-order chi connectivity index (χ1) is 9.15. The average molecular weight is 293 g/mol. The van der Waals surface area contributed by atoms with Crippen molar-refractivity contribution in [1.29, 1.82) is 0 Å². The molecule has 0 aliphatic heterocycles. The van der Waals surface area contributed by atoms with Crippen molar-refractivity contribution in [2.24, 2.45) is 0 Å². The highest BCUT2D eigenvalue weighted by molar-refractivity contribution is 7.14. The van der Waals surface area contributed by atoms with E-state index >= 15 is 0 Å². The van der Waals surface area contributed by atoms with Crippen LogP contribution >= 0.6 is 22.7 Å². The van der Waals surface area contributed by atoms with Gasteiger partial charge in [0.05, 0.1) is 11.3 Å². The van der Waals surface area contributed by atoms with Crippen LogP contribution in [0.2, 0.25) is 0 Å². The number of nitrogens with one attached hydrogen (secondary N) is 1. The first-order valence-electron chi connectivity index (χ1n) is 6.02. The second-order valence-corrected chi connectivity index (χ2v) is 6.18. The summed E-state index contributed by atoms with van der Waals surface area (Å²) in [5, 5.41) is 6.85. The van der Waals surface area contributed by atoms with E-state index in [0.29, 0.717) is 13.0 Å². The molecule has 2 rings (SSSR count). The lowest BCUT2D eigenvalue weighted by Gasteiger charge is -2.02. The van der Waals surface area contributed by atoms with E-state index in [9.17, 15) is 9.59 Å². The standard InChI is InChI=1S/C14H15NO2S2/c1-10(16)13-3-2-12(19-13)4-6-15-14(17)8-11-5-7-18-9-11/h2-3,5,7,9H,4,6,8H2,1H3,(H,15,17). The van der Waals surface area contributed by atoms with E-state index in [1.165, 1.54) is 11.3 Å². The van der Waals surface area contributed by atoms with E-state index in [4.69, 9.17) is 0 Å². The molecule has 0 saturated carbocycles. The Hall–Kier alpha value is -1.46. The van der Waals surface area contributed by atoms with Crippen LogP contribution in [0.5, 0.6) is 0 Å². The molecule has 5 heteroatoms. The van der Waals surface area contributed by atoms with Gasteiger partial charge in [0, 0.05) is 11.4 Å². The zero-order valence-corrected chi connectivity index (χ0v) is 12.3. The summed E-state index contributed by atoms with van der Waals surface area (Å²) in [6.45, 7) is 2.18. The Labute approximate surface area is 120 Å². The van der Waals surface area contributed by atoms with Crippen molar-refractivity contribution in [3.8, 4) is 0 Å². The molecule has 0 aromatic carbocycles. The van der Waals surface area contributed by atoms with E-state index in [0.717, 1.165) is 21.7 Å². The molecule has 100 valence electrons. The molecule has 1 amide bonds. The monoisotopic (exact) mass is 293 g/mol. The molecule has 1 N–H and O–H groups in total. The van der Waals surface area contributed by atoms with Crippen LogP contribution in [0.15, 0.2) is 29.0 Å². The molecular formula is C14H15NO2S2. The number of thiophene rings is 2. The fourth-order valence-corrected chi connectivity index (χ4v) is 3.24. The second kappa shape index (κ2) is 6.63. The molecule has 0 saturated heterocycles. The maximum atomic E-state index is 11.7. The summed E-state index contributed by atoms with van der Waals surface area (Å²) in [4.78, 5) is 24.7. The van der Waals surface area contributed by atoms with Gasteiger partial charge in [0.25, 0.3) is 0 Å². The van der Waals surface area contributed by atoms with Crippen LogP contribution in [0.1, 0.15) is 27.0 Å². The summed E-state index contributed by atoms with van der Waals surface area (Å²) >= 11 is 3.10. The number of rotatable bonds is 6. The van der Waals surface area contributed by atoms with Gasteiger partial charge in [-0.2, -0.15) is 11.3 Å². The lowest BCUT2D eigenvalue weighted by Crippen LogP contribution is -2.26. The largest absolute Gasteiger partial charge is 0.355 e. The van der Waals surface area contributed by atoms with E-state index in [1.807, 2.05) is 29.0 Å². The van der Waals surface area contributed by atoms with Gasteiger partial charge in [-0.05, 0) is 47.9 Å². The Balaban J connectivity index is 1.73. The van der Waals surface area contributed by atoms with Gasteiger partial charge in [0.1, 0.15) is 0 Å². The summed E-state index contributed by atoms with van der Waals surface area (Å²) < 4.78 is 0. The molecule has 0 spiro atoms. The summed E-state index contributed by atoms with van der Waals surface area (Å²) in [6.07, 6.45) is 1.21. The quantitative estimate of drug-likeness (QED) is 0.832. The number of amides is 1. The lowest BCUT2D eigenvalue weighted by atomic mass is 10.2. The first-order valence-corrected chi connectivity index (χ1v) is 7.78. The minimum absolute atomic E-state index is 0.0433. The third-order valence-corrected chi connectivity index (χ3v) is 4.62. The zero-order valence-electron chi connectivity index (χ0n) is 10.6. The molecule has 0 bridgehead atoms. The SMILES string of the molecule is CC(=O)c1ccc(CCNC(=O)Cc2ccsc2)s1. The molecule has 0 aliphatic carbocycles. The molecule has 0 radical (unpaired) electrons. The number of Topliss-reactive ketones (excluding diaryl/α,β-unsaturated/α-hetero) is 1. The predicted molar refractivity (Wildman–Crippen MR) is 79.1 cm³/mol. The summed E-state index contributed by atoms with van der Waals surface area (Å²) in [5.41, 5.74) is 1.05.